The zero-order valence-corrected chi connectivity index (χ0v) is 9.59. The van der Waals surface area contributed by atoms with Gasteiger partial charge < -0.3 is 10.4 Å². The Bertz CT molecular complexity index is 384. The van der Waals surface area contributed by atoms with Crippen LogP contribution in [-0.2, 0) is 11.3 Å². The SMILES string of the molecule is CC(CNCc1cc(Cl)ccc1F)C(=O)O. The Morgan fingerprint density at radius 3 is 2.94 bits per heavy atom. The summed E-state index contributed by atoms with van der Waals surface area (Å²) in [5.41, 5.74) is 0.435. The highest BCUT2D eigenvalue weighted by Crippen LogP contribution is 2.14. The average Bonchev–Trinajstić information content (AvgIpc) is 2.22. The average molecular weight is 246 g/mol. The van der Waals surface area contributed by atoms with E-state index in [1.165, 1.54) is 18.2 Å². The quantitative estimate of drug-likeness (QED) is 0.837. The van der Waals surface area contributed by atoms with Crippen molar-refractivity contribution in [2.24, 2.45) is 5.92 Å². The second-order valence-electron chi connectivity index (χ2n) is 3.61. The Balaban J connectivity index is 2.48. The molecule has 3 nitrogen and oxygen atoms in total. The van der Waals surface area contributed by atoms with E-state index in [1.54, 1.807) is 6.92 Å². The van der Waals surface area contributed by atoms with Gasteiger partial charge in [-0.3, -0.25) is 4.79 Å². The number of carboxylic acids is 1. The summed E-state index contributed by atoms with van der Waals surface area (Å²) in [6, 6.07) is 4.29. The normalized spacial score (nSPS) is 12.4. The molecule has 0 amide bonds. The summed E-state index contributed by atoms with van der Waals surface area (Å²) in [5.74, 6) is -1.72. The lowest BCUT2D eigenvalue weighted by Crippen LogP contribution is -2.26. The van der Waals surface area contributed by atoms with Crippen molar-refractivity contribution in [2.75, 3.05) is 6.54 Å². The van der Waals surface area contributed by atoms with Crippen LogP contribution in [0.25, 0.3) is 0 Å². The number of nitrogens with one attached hydrogen (secondary N) is 1. The fourth-order valence-electron chi connectivity index (χ4n) is 1.19. The van der Waals surface area contributed by atoms with Crippen molar-refractivity contribution < 1.29 is 14.3 Å². The van der Waals surface area contributed by atoms with Crippen LogP contribution in [0.2, 0.25) is 5.02 Å². The van der Waals surface area contributed by atoms with E-state index in [2.05, 4.69) is 5.32 Å². The first-order valence-corrected chi connectivity index (χ1v) is 5.26. The van der Waals surface area contributed by atoms with Gasteiger partial charge in [-0.15, -0.1) is 0 Å². The fraction of sp³-hybridized carbons (Fsp3) is 0.364. The zero-order chi connectivity index (χ0) is 12.1. The van der Waals surface area contributed by atoms with Gasteiger partial charge in [-0.2, -0.15) is 0 Å². The maximum atomic E-state index is 13.2. The summed E-state index contributed by atoms with van der Waals surface area (Å²) in [7, 11) is 0. The maximum Gasteiger partial charge on any atom is 0.307 e. The van der Waals surface area contributed by atoms with Crippen molar-refractivity contribution in [1.29, 1.82) is 0 Å². The number of halogens is 2. The lowest BCUT2D eigenvalue weighted by Gasteiger charge is -2.09. The van der Waals surface area contributed by atoms with Gasteiger partial charge in [-0.05, 0) is 18.2 Å². The van der Waals surface area contributed by atoms with Gasteiger partial charge in [-0.1, -0.05) is 18.5 Å². The summed E-state index contributed by atoms with van der Waals surface area (Å²) < 4.78 is 13.2. The molecule has 2 N–H and O–H groups in total. The van der Waals surface area contributed by atoms with Crippen LogP contribution >= 0.6 is 11.6 Å². The van der Waals surface area contributed by atoms with Crippen molar-refractivity contribution >= 4 is 17.6 Å². The lowest BCUT2D eigenvalue weighted by atomic mass is 10.1. The van der Waals surface area contributed by atoms with Gasteiger partial charge in [0, 0.05) is 23.7 Å². The van der Waals surface area contributed by atoms with E-state index in [9.17, 15) is 9.18 Å². The van der Waals surface area contributed by atoms with Gasteiger partial charge in [-0.25, -0.2) is 4.39 Å². The summed E-state index contributed by atoms with van der Waals surface area (Å²) in [5, 5.41) is 12.0. The molecule has 0 aliphatic heterocycles. The lowest BCUT2D eigenvalue weighted by molar-refractivity contribution is -0.140. The molecule has 88 valence electrons. The molecular weight excluding hydrogens is 233 g/mol. The zero-order valence-electron chi connectivity index (χ0n) is 8.84. The summed E-state index contributed by atoms with van der Waals surface area (Å²) in [4.78, 5) is 10.5. The van der Waals surface area contributed by atoms with Crippen molar-refractivity contribution in [3.63, 3.8) is 0 Å². The van der Waals surface area contributed by atoms with Crippen LogP contribution in [0.5, 0.6) is 0 Å². The van der Waals surface area contributed by atoms with E-state index in [4.69, 9.17) is 16.7 Å². The van der Waals surface area contributed by atoms with E-state index in [-0.39, 0.29) is 12.4 Å². The number of benzene rings is 1. The van der Waals surface area contributed by atoms with Crippen LogP contribution in [0.15, 0.2) is 18.2 Å². The predicted molar refractivity (Wildman–Crippen MR) is 59.9 cm³/mol. The van der Waals surface area contributed by atoms with Crippen LogP contribution in [0, 0.1) is 11.7 Å². The first kappa shape index (κ1) is 12.9. The van der Waals surface area contributed by atoms with Crippen molar-refractivity contribution in [1.82, 2.24) is 5.32 Å². The molecule has 0 bridgehead atoms. The van der Waals surface area contributed by atoms with Crippen LogP contribution in [0.3, 0.4) is 0 Å². The molecule has 0 radical (unpaired) electrons. The molecule has 1 aromatic rings. The molecule has 0 saturated heterocycles. The highest BCUT2D eigenvalue weighted by atomic mass is 35.5. The van der Waals surface area contributed by atoms with E-state index in [0.717, 1.165) is 0 Å². The Hall–Kier alpha value is -1.13. The summed E-state index contributed by atoms with van der Waals surface area (Å²) in [6.45, 7) is 2.15. The minimum atomic E-state index is -0.876. The molecule has 16 heavy (non-hydrogen) atoms. The van der Waals surface area contributed by atoms with Gasteiger partial charge in [0.1, 0.15) is 5.82 Å². The molecule has 0 saturated carbocycles. The molecule has 0 aliphatic carbocycles. The van der Waals surface area contributed by atoms with Crippen LogP contribution in [-0.4, -0.2) is 17.6 Å². The number of hydrogen-bond donors (Lipinski definition) is 2. The second kappa shape index (κ2) is 5.82. The number of hydrogen-bond acceptors (Lipinski definition) is 2. The third kappa shape index (κ3) is 3.79. The third-order valence-corrected chi connectivity index (χ3v) is 2.43. The van der Waals surface area contributed by atoms with Gasteiger partial charge in [0.25, 0.3) is 0 Å². The van der Waals surface area contributed by atoms with E-state index >= 15 is 0 Å². The molecule has 1 unspecified atom stereocenters. The smallest absolute Gasteiger partial charge is 0.307 e. The van der Waals surface area contributed by atoms with Gasteiger partial charge in [0.15, 0.2) is 0 Å². The molecule has 0 spiro atoms. The number of rotatable bonds is 5. The topological polar surface area (TPSA) is 49.3 Å². The molecule has 0 fully saturated rings. The number of carboxylic acid groups (broad SMARTS) is 1. The number of carbonyl (C=O) groups is 1. The highest BCUT2D eigenvalue weighted by molar-refractivity contribution is 6.30. The highest BCUT2D eigenvalue weighted by Gasteiger charge is 2.10. The fourth-order valence-corrected chi connectivity index (χ4v) is 1.38. The first-order chi connectivity index (χ1) is 7.50. The van der Waals surface area contributed by atoms with E-state index in [0.29, 0.717) is 17.1 Å². The minimum absolute atomic E-state index is 0.268. The van der Waals surface area contributed by atoms with E-state index < -0.39 is 11.9 Å². The minimum Gasteiger partial charge on any atom is -0.481 e. The standard InChI is InChI=1S/C11H13ClFNO2/c1-7(11(15)16)5-14-6-8-4-9(12)2-3-10(8)13/h2-4,7,14H,5-6H2,1H3,(H,15,16). The summed E-state index contributed by atoms with van der Waals surface area (Å²) in [6.07, 6.45) is 0. The van der Waals surface area contributed by atoms with Crippen molar-refractivity contribution in [3.05, 3.63) is 34.6 Å². The largest absolute Gasteiger partial charge is 0.481 e. The van der Waals surface area contributed by atoms with Crippen LogP contribution in [0.4, 0.5) is 4.39 Å². The van der Waals surface area contributed by atoms with Gasteiger partial charge in [0.2, 0.25) is 0 Å². The molecule has 1 rings (SSSR count). The maximum absolute atomic E-state index is 13.2. The van der Waals surface area contributed by atoms with Crippen LogP contribution < -0.4 is 5.32 Å². The van der Waals surface area contributed by atoms with Gasteiger partial charge >= 0.3 is 5.97 Å². The van der Waals surface area contributed by atoms with Crippen molar-refractivity contribution in [2.45, 2.75) is 13.5 Å². The molecule has 0 aliphatic rings. The number of aliphatic carboxylic acids is 1. The first-order valence-electron chi connectivity index (χ1n) is 4.88. The molecule has 5 heteroatoms. The van der Waals surface area contributed by atoms with Crippen molar-refractivity contribution in [3.8, 4) is 0 Å². The molecule has 1 atom stereocenters. The Kier molecular flexibility index (Phi) is 4.71. The Labute approximate surface area is 98.2 Å². The molecule has 0 heterocycles. The molecular formula is C11H13ClFNO2. The molecule has 1 aromatic carbocycles. The van der Waals surface area contributed by atoms with Gasteiger partial charge in [0.05, 0.1) is 5.92 Å². The monoisotopic (exact) mass is 245 g/mol. The van der Waals surface area contributed by atoms with E-state index in [1.807, 2.05) is 0 Å². The predicted octanol–water partition coefficient (Wildman–Crippen LogP) is 2.29. The third-order valence-electron chi connectivity index (χ3n) is 2.20. The Morgan fingerprint density at radius 1 is 1.62 bits per heavy atom. The van der Waals surface area contributed by atoms with Crippen LogP contribution in [0.1, 0.15) is 12.5 Å². The Morgan fingerprint density at radius 2 is 2.31 bits per heavy atom. The second-order valence-corrected chi connectivity index (χ2v) is 4.04. The summed E-state index contributed by atoms with van der Waals surface area (Å²) >= 11 is 5.72. The molecule has 0 aromatic heterocycles.